The average molecular weight is 323 g/mol. The Balaban J connectivity index is 2.14. The van der Waals surface area contributed by atoms with Crippen LogP contribution in [0.1, 0.15) is 15.2 Å². The molecule has 4 heteroatoms. The molecule has 0 aliphatic heterocycles. The number of rotatable bonds is 4. The molecule has 0 unspecified atom stereocenters. The molecule has 2 rings (SSSR count). The molecule has 1 aromatic heterocycles. The van der Waals surface area contributed by atoms with E-state index in [1.807, 2.05) is 29.7 Å². The molecule has 0 aliphatic carbocycles. The van der Waals surface area contributed by atoms with Crippen molar-refractivity contribution in [1.29, 1.82) is 0 Å². The van der Waals surface area contributed by atoms with Gasteiger partial charge in [0.15, 0.2) is 5.78 Å². The Kier molecular flexibility index (Phi) is 4.33. The number of allylic oxidation sites excluding steroid dienone is 1. The van der Waals surface area contributed by atoms with Gasteiger partial charge in [0.25, 0.3) is 0 Å². The SMILES string of the molecule is COc1cccc(C(=O)/C=C/c2cc(Br)cs2)c1. The summed E-state index contributed by atoms with van der Waals surface area (Å²) in [7, 11) is 1.59. The van der Waals surface area contributed by atoms with E-state index in [0.717, 1.165) is 9.35 Å². The van der Waals surface area contributed by atoms with Crippen molar-refractivity contribution in [3.05, 3.63) is 56.7 Å². The fraction of sp³-hybridized carbons (Fsp3) is 0.0714. The van der Waals surface area contributed by atoms with Gasteiger partial charge in [0.1, 0.15) is 5.75 Å². The molecule has 92 valence electrons. The summed E-state index contributed by atoms with van der Waals surface area (Å²) in [6.45, 7) is 0. The van der Waals surface area contributed by atoms with E-state index >= 15 is 0 Å². The van der Waals surface area contributed by atoms with Gasteiger partial charge in [0.2, 0.25) is 0 Å². The highest BCUT2D eigenvalue weighted by Gasteiger charge is 2.03. The Morgan fingerprint density at radius 3 is 2.89 bits per heavy atom. The second-order valence-electron chi connectivity index (χ2n) is 3.60. The van der Waals surface area contributed by atoms with Crippen LogP contribution < -0.4 is 4.74 Å². The van der Waals surface area contributed by atoms with E-state index in [4.69, 9.17) is 4.74 Å². The minimum Gasteiger partial charge on any atom is -0.497 e. The minimum atomic E-state index is -0.0292. The molecule has 0 radical (unpaired) electrons. The van der Waals surface area contributed by atoms with E-state index in [1.54, 1.807) is 36.7 Å². The third-order valence-corrected chi connectivity index (χ3v) is 4.00. The van der Waals surface area contributed by atoms with Crippen molar-refractivity contribution >= 4 is 39.1 Å². The lowest BCUT2D eigenvalue weighted by Gasteiger charge is -2.00. The molecule has 0 amide bonds. The summed E-state index contributed by atoms with van der Waals surface area (Å²) in [5.74, 6) is 0.659. The molecule has 0 saturated heterocycles. The fourth-order valence-corrected chi connectivity index (χ4v) is 2.78. The summed E-state index contributed by atoms with van der Waals surface area (Å²) in [5, 5.41) is 1.98. The number of thiophene rings is 1. The van der Waals surface area contributed by atoms with Crippen LogP contribution in [0.2, 0.25) is 0 Å². The molecule has 1 aromatic carbocycles. The first-order chi connectivity index (χ1) is 8.69. The third-order valence-electron chi connectivity index (χ3n) is 2.34. The van der Waals surface area contributed by atoms with Gasteiger partial charge < -0.3 is 4.74 Å². The lowest BCUT2D eigenvalue weighted by molar-refractivity contribution is 0.104. The van der Waals surface area contributed by atoms with Gasteiger partial charge in [-0.1, -0.05) is 12.1 Å². The fourth-order valence-electron chi connectivity index (χ4n) is 1.45. The molecule has 0 saturated carbocycles. The number of hydrogen-bond donors (Lipinski definition) is 0. The molecule has 0 aliphatic rings. The number of ether oxygens (including phenoxy) is 1. The summed E-state index contributed by atoms with van der Waals surface area (Å²) in [5.41, 5.74) is 0.626. The van der Waals surface area contributed by atoms with Gasteiger partial charge in [-0.05, 0) is 46.3 Å². The van der Waals surface area contributed by atoms with Crippen LogP contribution in [0.3, 0.4) is 0 Å². The molecule has 2 nitrogen and oxygen atoms in total. The van der Waals surface area contributed by atoms with Crippen molar-refractivity contribution in [3.63, 3.8) is 0 Å². The normalized spacial score (nSPS) is 10.8. The van der Waals surface area contributed by atoms with E-state index in [-0.39, 0.29) is 5.78 Å². The average Bonchev–Trinajstić information content (AvgIpc) is 2.82. The largest absolute Gasteiger partial charge is 0.497 e. The summed E-state index contributed by atoms with van der Waals surface area (Å²) < 4.78 is 6.12. The second kappa shape index (κ2) is 5.98. The number of halogens is 1. The van der Waals surface area contributed by atoms with Gasteiger partial charge >= 0.3 is 0 Å². The first kappa shape index (κ1) is 13.1. The van der Waals surface area contributed by atoms with Gasteiger partial charge in [-0.25, -0.2) is 0 Å². The predicted octanol–water partition coefficient (Wildman–Crippen LogP) is 4.42. The van der Waals surface area contributed by atoms with Crippen LogP contribution in [0.5, 0.6) is 5.75 Å². The maximum absolute atomic E-state index is 11.9. The van der Waals surface area contributed by atoms with Crippen molar-refractivity contribution < 1.29 is 9.53 Å². The maximum Gasteiger partial charge on any atom is 0.186 e. The highest BCUT2D eigenvalue weighted by molar-refractivity contribution is 9.10. The maximum atomic E-state index is 11.9. The molecular weight excluding hydrogens is 312 g/mol. The van der Waals surface area contributed by atoms with E-state index in [1.165, 1.54) is 0 Å². The Hall–Kier alpha value is -1.39. The van der Waals surface area contributed by atoms with Crippen molar-refractivity contribution in [2.45, 2.75) is 0 Å². The summed E-state index contributed by atoms with van der Waals surface area (Å²) in [6.07, 6.45) is 3.39. The molecule has 0 N–H and O–H groups in total. The van der Waals surface area contributed by atoms with Gasteiger partial charge in [-0.3, -0.25) is 4.79 Å². The smallest absolute Gasteiger partial charge is 0.186 e. The molecule has 1 heterocycles. The zero-order chi connectivity index (χ0) is 13.0. The lowest BCUT2D eigenvalue weighted by atomic mass is 10.1. The number of carbonyl (C=O) groups excluding carboxylic acids is 1. The van der Waals surface area contributed by atoms with E-state index in [0.29, 0.717) is 11.3 Å². The summed E-state index contributed by atoms with van der Waals surface area (Å²) >= 11 is 4.96. The molecule has 2 aromatic rings. The van der Waals surface area contributed by atoms with Gasteiger partial charge in [0, 0.05) is 20.3 Å². The van der Waals surface area contributed by atoms with E-state index in [2.05, 4.69) is 15.9 Å². The number of benzene rings is 1. The van der Waals surface area contributed by atoms with Crippen LogP contribution in [0, 0.1) is 0 Å². The van der Waals surface area contributed by atoms with Gasteiger partial charge in [0.05, 0.1) is 7.11 Å². The van der Waals surface area contributed by atoms with E-state index in [9.17, 15) is 4.79 Å². The third kappa shape index (κ3) is 3.31. The second-order valence-corrected chi connectivity index (χ2v) is 5.46. The number of methoxy groups -OCH3 is 1. The van der Waals surface area contributed by atoms with Crippen molar-refractivity contribution in [2.75, 3.05) is 7.11 Å². The first-order valence-corrected chi connectivity index (χ1v) is 6.97. The standard InChI is InChI=1S/C14H11BrO2S/c1-17-12-4-2-3-10(7-12)14(16)6-5-13-8-11(15)9-18-13/h2-9H,1H3/b6-5+. The minimum absolute atomic E-state index is 0.0292. The van der Waals surface area contributed by atoms with Crippen LogP contribution in [-0.2, 0) is 0 Å². The van der Waals surface area contributed by atoms with Crippen molar-refractivity contribution in [2.24, 2.45) is 0 Å². The van der Waals surface area contributed by atoms with Gasteiger partial charge in [-0.15, -0.1) is 11.3 Å². The Bertz CT molecular complexity index is 587. The van der Waals surface area contributed by atoms with Crippen molar-refractivity contribution in [3.8, 4) is 5.75 Å². The highest BCUT2D eigenvalue weighted by atomic mass is 79.9. The quantitative estimate of drug-likeness (QED) is 0.615. The summed E-state index contributed by atoms with van der Waals surface area (Å²) in [4.78, 5) is 13.0. The molecule has 0 bridgehead atoms. The van der Waals surface area contributed by atoms with Crippen LogP contribution in [-0.4, -0.2) is 12.9 Å². The van der Waals surface area contributed by atoms with Crippen LogP contribution >= 0.6 is 27.3 Å². The Labute approximate surface area is 118 Å². The van der Waals surface area contributed by atoms with Crippen molar-refractivity contribution in [1.82, 2.24) is 0 Å². The molecule has 0 fully saturated rings. The Morgan fingerprint density at radius 1 is 1.39 bits per heavy atom. The number of ketones is 1. The highest BCUT2D eigenvalue weighted by Crippen LogP contribution is 2.21. The summed E-state index contributed by atoms with van der Waals surface area (Å²) in [6, 6.07) is 9.11. The van der Waals surface area contributed by atoms with E-state index < -0.39 is 0 Å². The zero-order valence-corrected chi connectivity index (χ0v) is 12.1. The van der Waals surface area contributed by atoms with Crippen LogP contribution in [0.4, 0.5) is 0 Å². The molecule has 0 spiro atoms. The monoisotopic (exact) mass is 322 g/mol. The Morgan fingerprint density at radius 2 is 2.22 bits per heavy atom. The first-order valence-electron chi connectivity index (χ1n) is 5.29. The van der Waals surface area contributed by atoms with Gasteiger partial charge in [-0.2, -0.15) is 0 Å². The topological polar surface area (TPSA) is 26.3 Å². The molecular formula is C14H11BrO2S. The molecule has 0 atom stereocenters. The van der Waals surface area contributed by atoms with Crippen LogP contribution in [0.15, 0.2) is 46.3 Å². The lowest BCUT2D eigenvalue weighted by Crippen LogP contribution is -1.94. The molecule has 18 heavy (non-hydrogen) atoms. The van der Waals surface area contributed by atoms with Crippen LogP contribution in [0.25, 0.3) is 6.08 Å². The number of carbonyl (C=O) groups is 1. The zero-order valence-electron chi connectivity index (χ0n) is 9.72. The number of hydrogen-bond acceptors (Lipinski definition) is 3. The predicted molar refractivity (Wildman–Crippen MR) is 78.4 cm³/mol.